The fourth-order valence-corrected chi connectivity index (χ4v) is 3.29. The molecule has 0 unspecified atom stereocenters. The summed E-state index contributed by atoms with van der Waals surface area (Å²) in [4.78, 5) is 25.9. The number of allylic oxidation sites excluding steroid dienone is 2. The molecule has 0 N–H and O–H groups in total. The lowest BCUT2D eigenvalue weighted by atomic mass is 10.1. The Morgan fingerprint density at radius 3 is 2.40 bits per heavy atom. The van der Waals surface area contributed by atoms with Crippen LogP contribution in [-0.2, 0) is 19.1 Å². The third-order valence-electron chi connectivity index (χ3n) is 4.83. The summed E-state index contributed by atoms with van der Waals surface area (Å²) >= 11 is 0. The van der Waals surface area contributed by atoms with Crippen molar-refractivity contribution >= 4 is 35.7 Å². The molecule has 0 aliphatic carbocycles. The van der Waals surface area contributed by atoms with E-state index in [2.05, 4.69) is 22.1 Å². The smallest absolute Gasteiger partial charge is 0.299 e. The van der Waals surface area contributed by atoms with Crippen molar-refractivity contribution in [3.63, 3.8) is 0 Å². The second kappa shape index (κ2) is 9.19. The molecule has 0 radical (unpaired) electrons. The zero-order valence-electron chi connectivity index (χ0n) is 16.3. The Morgan fingerprint density at radius 2 is 1.70 bits per heavy atom. The fourth-order valence-electron chi connectivity index (χ4n) is 3.29. The predicted octanol–water partition coefficient (Wildman–Crippen LogP) is 3.00. The molecule has 152 valence electrons. The molecule has 0 saturated carbocycles. The van der Waals surface area contributed by atoms with Gasteiger partial charge in [-0.2, -0.15) is 5.01 Å². The van der Waals surface area contributed by atoms with E-state index < -0.39 is 0 Å². The van der Waals surface area contributed by atoms with Crippen LogP contribution in [-0.4, -0.2) is 44.6 Å². The highest BCUT2D eigenvalue weighted by molar-refractivity contribution is 6.28. The summed E-state index contributed by atoms with van der Waals surface area (Å²) in [6.07, 6.45) is 5.23. The number of hydrazone groups is 1. The summed E-state index contributed by atoms with van der Waals surface area (Å²) in [5, 5.41) is 5.35. The maximum atomic E-state index is 12.8. The summed E-state index contributed by atoms with van der Waals surface area (Å²) in [6.45, 7) is 3.54. The van der Waals surface area contributed by atoms with Gasteiger partial charge in [-0.15, -0.1) is 5.10 Å². The molecule has 1 fully saturated rings. The van der Waals surface area contributed by atoms with Crippen molar-refractivity contribution in [1.82, 2.24) is 0 Å². The second-order valence-electron chi connectivity index (χ2n) is 6.70. The van der Waals surface area contributed by atoms with Crippen molar-refractivity contribution in [2.75, 3.05) is 36.2 Å². The highest BCUT2D eigenvalue weighted by Crippen LogP contribution is 2.24. The van der Waals surface area contributed by atoms with Gasteiger partial charge in [0.05, 0.1) is 18.9 Å². The van der Waals surface area contributed by atoms with Gasteiger partial charge in [-0.25, -0.2) is 0 Å². The van der Waals surface area contributed by atoms with E-state index in [-0.39, 0.29) is 23.9 Å². The number of rotatable bonds is 5. The van der Waals surface area contributed by atoms with Crippen LogP contribution in [0, 0.1) is 0 Å². The van der Waals surface area contributed by atoms with Crippen LogP contribution in [0.3, 0.4) is 0 Å². The van der Waals surface area contributed by atoms with Gasteiger partial charge in [0.1, 0.15) is 5.57 Å². The van der Waals surface area contributed by atoms with E-state index in [4.69, 9.17) is 9.47 Å². The molecule has 2 aromatic rings. The number of nitrogens with zero attached hydrogens (tertiary/aromatic N) is 3. The fraction of sp³-hybridized carbons (Fsp3) is 0.174. The minimum absolute atomic E-state index is 0.0221. The number of ether oxygens (including phenoxy) is 2. The van der Waals surface area contributed by atoms with Gasteiger partial charge in [0.15, 0.2) is 0 Å². The van der Waals surface area contributed by atoms with Crippen LogP contribution >= 0.6 is 0 Å². The maximum absolute atomic E-state index is 12.8. The predicted molar refractivity (Wildman–Crippen MR) is 115 cm³/mol. The summed E-state index contributed by atoms with van der Waals surface area (Å²) in [7, 11) is 0. The molecule has 1 saturated heterocycles. The zero-order chi connectivity index (χ0) is 20.8. The summed E-state index contributed by atoms with van der Waals surface area (Å²) < 4.78 is 10.3. The lowest BCUT2D eigenvalue weighted by Gasteiger charge is -2.28. The van der Waals surface area contributed by atoms with Gasteiger partial charge in [0.25, 0.3) is 18.3 Å². The molecule has 7 heteroatoms. The van der Waals surface area contributed by atoms with Crippen LogP contribution in [0.15, 0.2) is 77.4 Å². The SMILES string of the molecule is O=COC1=NN(c2ccccc2)C(=O)/C1=C\C=C\c1ccc(N2CCOCC2)cc1. The van der Waals surface area contributed by atoms with E-state index in [1.165, 1.54) is 5.01 Å². The van der Waals surface area contributed by atoms with Crippen molar-refractivity contribution in [3.8, 4) is 0 Å². The molecule has 7 nitrogen and oxygen atoms in total. The number of hydrogen-bond acceptors (Lipinski definition) is 6. The Bertz CT molecular complexity index is 991. The van der Waals surface area contributed by atoms with Crippen LogP contribution in [0.5, 0.6) is 0 Å². The average Bonchev–Trinajstić information content (AvgIpc) is 3.11. The minimum Gasteiger partial charge on any atom is -0.407 e. The van der Waals surface area contributed by atoms with Crippen LogP contribution in [0.25, 0.3) is 6.08 Å². The number of para-hydroxylation sites is 1. The highest BCUT2D eigenvalue weighted by Gasteiger charge is 2.32. The van der Waals surface area contributed by atoms with Crippen LogP contribution in [0.4, 0.5) is 11.4 Å². The Balaban J connectivity index is 1.49. The molecule has 1 amide bonds. The van der Waals surface area contributed by atoms with Gasteiger partial charge >= 0.3 is 0 Å². The van der Waals surface area contributed by atoms with Crippen molar-refractivity contribution in [2.45, 2.75) is 0 Å². The van der Waals surface area contributed by atoms with E-state index in [1.54, 1.807) is 36.4 Å². The van der Waals surface area contributed by atoms with Crippen molar-refractivity contribution in [3.05, 3.63) is 77.9 Å². The number of carbonyl (C=O) groups is 2. The molecule has 2 aliphatic rings. The summed E-state index contributed by atoms with van der Waals surface area (Å²) in [5.74, 6) is -0.378. The van der Waals surface area contributed by atoms with Gasteiger partial charge in [-0.3, -0.25) is 9.59 Å². The Kier molecular flexibility index (Phi) is 6.01. The van der Waals surface area contributed by atoms with E-state index in [9.17, 15) is 9.59 Å². The molecule has 30 heavy (non-hydrogen) atoms. The van der Waals surface area contributed by atoms with E-state index in [0.717, 1.165) is 37.6 Å². The van der Waals surface area contributed by atoms with E-state index in [0.29, 0.717) is 5.69 Å². The molecule has 4 rings (SSSR count). The first-order valence-electron chi connectivity index (χ1n) is 9.66. The largest absolute Gasteiger partial charge is 0.407 e. The van der Waals surface area contributed by atoms with E-state index >= 15 is 0 Å². The van der Waals surface area contributed by atoms with Crippen molar-refractivity contribution in [1.29, 1.82) is 0 Å². The number of benzene rings is 2. The first-order chi connectivity index (χ1) is 14.8. The molecule has 0 aromatic heterocycles. The number of carbonyl (C=O) groups excluding carboxylic acids is 2. The third-order valence-corrected chi connectivity index (χ3v) is 4.83. The van der Waals surface area contributed by atoms with Crippen molar-refractivity contribution in [2.24, 2.45) is 5.10 Å². The standard InChI is InChI=1S/C23H21N3O4/c27-17-30-22-21(23(28)26(24-22)20-6-2-1-3-7-20)8-4-5-18-9-11-19(12-10-18)25-13-15-29-16-14-25/h1-12,17H,13-16H2/b5-4+,21-8-. The van der Waals surface area contributed by atoms with Gasteiger partial charge < -0.3 is 14.4 Å². The monoisotopic (exact) mass is 403 g/mol. The first kappa shape index (κ1) is 19.6. The lowest BCUT2D eigenvalue weighted by molar-refractivity contribution is -0.121. The highest BCUT2D eigenvalue weighted by atomic mass is 16.5. The topological polar surface area (TPSA) is 71.4 Å². The minimum atomic E-state index is -0.356. The third kappa shape index (κ3) is 4.31. The van der Waals surface area contributed by atoms with Gasteiger partial charge in [0, 0.05) is 18.8 Å². The van der Waals surface area contributed by atoms with E-state index in [1.807, 2.05) is 24.3 Å². The van der Waals surface area contributed by atoms with Gasteiger partial charge in [-0.05, 0) is 35.9 Å². The van der Waals surface area contributed by atoms with Crippen molar-refractivity contribution < 1.29 is 19.1 Å². The molecule has 0 atom stereocenters. The number of morpholine rings is 1. The number of amides is 1. The van der Waals surface area contributed by atoms with Crippen LogP contribution in [0.2, 0.25) is 0 Å². The quantitative estimate of drug-likeness (QED) is 0.567. The molecule has 0 spiro atoms. The molecular weight excluding hydrogens is 382 g/mol. The summed E-state index contributed by atoms with van der Waals surface area (Å²) in [6, 6.07) is 17.1. The van der Waals surface area contributed by atoms with Crippen LogP contribution < -0.4 is 9.91 Å². The molecule has 2 heterocycles. The molecular formula is C23H21N3O4. The maximum Gasteiger partial charge on any atom is 0.299 e. The summed E-state index contributed by atoms with van der Waals surface area (Å²) in [5.41, 5.74) is 2.96. The zero-order valence-corrected chi connectivity index (χ0v) is 16.3. The number of anilines is 2. The Labute approximate surface area is 174 Å². The molecule has 2 aromatic carbocycles. The van der Waals surface area contributed by atoms with Gasteiger partial charge in [0.2, 0.25) is 0 Å². The van der Waals surface area contributed by atoms with Gasteiger partial charge in [-0.1, -0.05) is 42.5 Å². The molecule has 2 aliphatic heterocycles. The first-order valence-corrected chi connectivity index (χ1v) is 9.66. The second-order valence-corrected chi connectivity index (χ2v) is 6.70. The number of hydrogen-bond donors (Lipinski definition) is 0. The van der Waals surface area contributed by atoms with Crippen LogP contribution in [0.1, 0.15) is 5.56 Å². The normalized spacial score (nSPS) is 18.2. The Hall–Kier alpha value is -3.71. The lowest BCUT2D eigenvalue weighted by Crippen LogP contribution is -2.36. The molecule has 0 bridgehead atoms. The average molecular weight is 403 g/mol. The Morgan fingerprint density at radius 1 is 0.967 bits per heavy atom.